The van der Waals surface area contributed by atoms with Crippen molar-refractivity contribution >= 4 is 16.9 Å². The number of ether oxygens (including phenoxy) is 1. The number of methoxy groups -OCH3 is 1. The largest absolute Gasteiger partial charge is 0.497 e. The number of nitrogens with one attached hydrogen (secondary N) is 1. The molecule has 0 radical (unpaired) electrons. The van der Waals surface area contributed by atoms with E-state index in [1.54, 1.807) is 13.3 Å². The highest BCUT2D eigenvalue weighted by atomic mass is 16.5. The highest BCUT2D eigenvalue weighted by Crippen LogP contribution is 2.27. The maximum Gasteiger partial charge on any atom is 0.227 e. The van der Waals surface area contributed by atoms with Gasteiger partial charge < -0.3 is 9.64 Å². The quantitative estimate of drug-likeness (QED) is 0.785. The van der Waals surface area contributed by atoms with Gasteiger partial charge in [-0.2, -0.15) is 5.10 Å². The molecule has 3 aromatic rings. The van der Waals surface area contributed by atoms with Gasteiger partial charge in [0.05, 0.1) is 19.7 Å². The molecule has 134 valence electrons. The van der Waals surface area contributed by atoms with Crippen molar-refractivity contribution in [1.29, 1.82) is 0 Å². The molecule has 6 heteroatoms. The molecule has 1 aliphatic heterocycles. The molecule has 0 aliphatic carbocycles. The Balaban J connectivity index is 1.44. The number of H-pyrrole nitrogens is 1. The summed E-state index contributed by atoms with van der Waals surface area (Å²) in [6.07, 6.45) is 4.25. The Kier molecular flexibility index (Phi) is 4.56. The van der Waals surface area contributed by atoms with Crippen molar-refractivity contribution in [1.82, 2.24) is 20.1 Å². The molecule has 1 aromatic carbocycles. The molecule has 1 saturated heterocycles. The number of carbonyl (C=O) groups is 1. The summed E-state index contributed by atoms with van der Waals surface area (Å²) in [5.41, 5.74) is 2.85. The van der Waals surface area contributed by atoms with Gasteiger partial charge in [-0.25, -0.2) is 4.98 Å². The number of nitrogens with zero attached hydrogens (tertiary/aromatic N) is 3. The van der Waals surface area contributed by atoms with E-state index in [4.69, 9.17) is 4.74 Å². The van der Waals surface area contributed by atoms with E-state index in [2.05, 4.69) is 21.2 Å². The molecule has 0 bridgehead atoms. The average Bonchev–Trinajstić information content (AvgIpc) is 3.16. The first-order chi connectivity index (χ1) is 12.7. The molecular weight excluding hydrogens is 328 g/mol. The third kappa shape index (κ3) is 3.40. The number of likely N-dealkylation sites (tertiary alicyclic amines) is 1. The van der Waals surface area contributed by atoms with Gasteiger partial charge in [-0.05, 0) is 42.7 Å². The van der Waals surface area contributed by atoms with Crippen LogP contribution in [0.15, 0.2) is 42.6 Å². The minimum absolute atomic E-state index is 0.169. The smallest absolute Gasteiger partial charge is 0.227 e. The second-order valence-electron chi connectivity index (χ2n) is 6.75. The summed E-state index contributed by atoms with van der Waals surface area (Å²) in [4.78, 5) is 19.4. The molecule has 3 heterocycles. The lowest BCUT2D eigenvalue weighted by atomic mass is 9.93. The second-order valence-corrected chi connectivity index (χ2v) is 6.75. The molecule has 4 rings (SSSR count). The maximum atomic E-state index is 12.7. The van der Waals surface area contributed by atoms with Crippen molar-refractivity contribution in [3.05, 3.63) is 53.9 Å². The molecule has 1 N–H and O–H groups in total. The van der Waals surface area contributed by atoms with E-state index in [0.29, 0.717) is 6.42 Å². The number of rotatable bonds is 4. The number of fused-ring (bicyclic) bond motifs is 1. The first-order valence-corrected chi connectivity index (χ1v) is 8.93. The van der Waals surface area contributed by atoms with Gasteiger partial charge in [-0.3, -0.25) is 9.89 Å². The van der Waals surface area contributed by atoms with Gasteiger partial charge >= 0.3 is 0 Å². The van der Waals surface area contributed by atoms with Crippen LogP contribution in [-0.2, 0) is 11.2 Å². The van der Waals surface area contributed by atoms with Crippen LogP contribution in [0.3, 0.4) is 0 Å². The van der Waals surface area contributed by atoms with Crippen LogP contribution < -0.4 is 4.74 Å². The van der Waals surface area contributed by atoms with Crippen LogP contribution in [0.5, 0.6) is 5.75 Å². The molecule has 1 fully saturated rings. The van der Waals surface area contributed by atoms with E-state index in [0.717, 1.165) is 54.0 Å². The Hall–Kier alpha value is -2.89. The number of pyridine rings is 1. The molecule has 0 saturated carbocycles. The second kappa shape index (κ2) is 7.15. The van der Waals surface area contributed by atoms with Crippen molar-refractivity contribution in [3.8, 4) is 5.75 Å². The number of carbonyl (C=O) groups excluding carboxylic acids is 1. The van der Waals surface area contributed by atoms with Crippen LogP contribution in [0.4, 0.5) is 0 Å². The number of piperidine rings is 1. The standard InChI is InChI=1S/C20H22N4O2/c1-26-17-7-4-14(5-8-17)11-19(25)24-10-2-3-16(13-24)18-9-6-15-12-21-23-20(15)22-18/h4-9,12,16H,2-3,10-11,13H2,1H3,(H,21,22,23)/t16-/m0/s1. The van der Waals surface area contributed by atoms with Gasteiger partial charge in [0.2, 0.25) is 5.91 Å². The fourth-order valence-corrected chi connectivity index (χ4v) is 3.54. The lowest BCUT2D eigenvalue weighted by Gasteiger charge is -2.32. The zero-order valence-corrected chi connectivity index (χ0v) is 14.8. The predicted octanol–water partition coefficient (Wildman–Crippen LogP) is 2.92. The lowest BCUT2D eigenvalue weighted by molar-refractivity contribution is -0.131. The Morgan fingerprint density at radius 2 is 2.12 bits per heavy atom. The molecule has 0 spiro atoms. The topological polar surface area (TPSA) is 71.1 Å². The molecule has 0 unspecified atom stereocenters. The molecule has 1 aliphatic rings. The molecular formula is C20H22N4O2. The summed E-state index contributed by atoms with van der Waals surface area (Å²) < 4.78 is 5.17. The first kappa shape index (κ1) is 16.6. The Morgan fingerprint density at radius 1 is 1.27 bits per heavy atom. The minimum Gasteiger partial charge on any atom is -0.497 e. The third-order valence-electron chi connectivity index (χ3n) is 5.03. The summed E-state index contributed by atoms with van der Waals surface area (Å²) in [6, 6.07) is 11.8. The summed E-state index contributed by atoms with van der Waals surface area (Å²) in [5, 5.41) is 7.96. The summed E-state index contributed by atoms with van der Waals surface area (Å²) in [5.74, 6) is 1.25. The van der Waals surface area contributed by atoms with Crippen LogP contribution in [-0.4, -0.2) is 46.2 Å². The van der Waals surface area contributed by atoms with Crippen LogP contribution in [0.1, 0.15) is 30.0 Å². The minimum atomic E-state index is 0.169. The Bertz CT molecular complexity index is 904. The summed E-state index contributed by atoms with van der Waals surface area (Å²) in [7, 11) is 1.64. The highest BCUT2D eigenvalue weighted by Gasteiger charge is 2.25. The van der Waals surface area contributed by atoms with E-state index >= 15 is 0 Å². The van der Waals surface area contributed by atoms with E-state index < -0.39 is 0 Å². The maximum absolute atomic E-state index is 12.7. The van der Waals surface area contributed by atoms with Crippen LogP contribution in [0.2, 0.25) is 0 Å². The van der Waals surface area contributed by atoms with Crippen molar-refractivity contribution in [2.75, 3.05) is 20.2 Å². The number of hydrogen-bond donors (Lipinski definition) is 1. The van der Waals surface area contributed by atoms with Gasteiger partial charge in [0.1, 0.15) is 5.75 Å². The number of aromatic nitrogens is 3. The van der Waals surface area contributed by atoms with E-state index in [-0.39, 0.29) is 11.8 Å². The lowest BCUT2D eigenvalue weighted by Crippen LogP contribution is -2.40. The predicted molar refractivity (Wildman–Crippen MR) is 99.1 cm³/mol. The molecule has 6 nitrogen and oxygen atoms in total. The SMILES string of the molecule is COc1ccc(CC(=O)N2CCC[C@H](c3ccc4cn[nH]c4n3)C2)cc1. The van der Waals surface area contributed by atoms with Crippen molar-refractivity contribution in [3.63, 3.8) is 0 Å². The van der Waals surface area contributed by atoms with E-state index in [9.17, 15) is 4.79 Å². The normalized spacial score (nSPS) is 17.4. The molecule has 1 atom stereocenters. The van der Waals surface area contributed by atoms with E-state index in [1.807, 2.05) is 35.2 Å². The van der Waals surface area contributed by atoms with Crippen LogP contribution in [0, 0.1) is 0 Å². The van der Waals surface area contributed by atoms with Crippen LogP contribution >= 0.6 is 0 Å². The zero-order valence-electron chi connectivity index (χ0n) is 14.8. The number of hydrogen-bond acceptors (Lipinski definition) is 4. The zero-order chi connectivity index (χ0) is 17.9. The average molecular weight is 350 g/mol. The summed E-state index contributed by atoms with van der Waals surface area (Å²) in [6.45, 7) is 1.54. The van der Waals surface area contributed by atoms with E-state index in [1.165, 1.54) is 0 Å². The van der Waals surface area contributed by atoms with Crippen molar-refractivity contribution < 1.29 is 9.53 Å². The number of aromatic amines is 1. The molecule has 1 amide bonds. The molecule has 26 heavy (non-hydrogen) atoms. The number of amides is 1. The Labute approximate surface area is 152 Å². The highest BCUT2D eigenvalue weighted by molar-refractivity contribution is 5.79. The van der Waals surface area contributed by atoms with Crippen molar-refractivity contribution in [2.45, 2.75) is 25.2 Å². The molecule has 2 aromatic heterocycles. The fraction of sp³-hybridized carbons (Fsp3) is 0.350. The number of benzene rings is 1. The summed E-state index contributed by atoms with van der Waals surface area (Å²) >= 11 is 0. The van der Waals surface area contributed by atoms with Crippen LogP contribution in [0.25, 0.3) is 11.0 Å². The van der Waals surface area contributed by atoms with Crippen molar-refractivity contribution in [2.24, 2.45) is 0 Å². The third-order valence-corrected chi connectivity index (χ3v) is 5.03. The van der Waals surface area contributed by atoms with Gasteiger partial charge in [0.25, 0.3) is 0 Å². The monoisotopic (exact) mass is 350 g/mol. The Morgan fingerprint density at radius 3 is 2.92 bits per heavy atom. The van der Waals surface area contributed by atoms with Gasteiger partial charge in [0, 0.05) is 30.1 Å². The van der Waals surface area contributed by atoms with Gasteiger partial charge in [-0.15, -0.1) is 0 Å². The first-order valence-electron chi connectivity index (χ1n) is 8.93. The fourth-order valence-electron chi connectivity index (χ4n) is 3.54. The van der Waals surface area contributed by atoms with Gasteiger partial charge in [-0.1, -0.05) is 12.1 Å². The van der Waals surface area contributed by atoms with Gasteiger partial charge in [0.15, 0.2) is 5.65 Å².